The average Bonchev–Trinajstić information content (AvgIpc) is 2.89. The van der Waals surface area contributed by atoms with Crippen molar-refractivity contribution in [2.24, 2.45) is 11.8 Å². The highest BCUT2D eigenvalue weighted by molar-refractivity contribution is 6.07. The molecule has 1 aromatic rings. The summed E-state index contributed by atoms with van der Waals surface area (Å²) >= 11 is 0. The third kappa shape index (κ3) is 3.39. The Morgan fingerprint density at radius 2 is 1.79 bits per heavy atom. The molecule has 2 N–H and O–H groups in total. The van der Waals surface area contributed by atoms with E-state index in [2.05, 4.69) is 5.32 Å². The number of urea groups is 1. The first-order valence-corrected chi connectivity index (χ1v) is 10.2. The van der Waals surface area contributed by atoms with E-state index >= 15 is 0 Å². The highest BCUT2D eigenvalue weighted by atomic mass is 16.5. The Kier molecular flexibility index (Phi) is 5.71. The zero-order valence-corrected chi connectivity index (χ0v) is 17.5. The van der Waals surface area contributed by atoms with Gasteiger partial charge in [-0.25, -0.2) is 4.79 Å². The molecule has 1 saturated carbocycles. The molecule has 6 nitrogen and oxygen atoms in total. The molecule has 3 rings (SSSR count). The van der Waals surface area contributed by atoms with E-state index in [1.54, 1.807) is 0 Å². The summed E-state index contributed by atoms with van der Waals surface area (Å²) in [4.78, 5) is 26.9. The van der Waals surface area contributed by atoms with Crippen LogP contribution in [-0.4, -0.2) is 46.7 Å². The number of carbonyl (C=O) groups excluding carboxylic acids is 2. The van der Waals surface area contributed by atoms with E-state index in [4.69, 9.17) is 4.74 Å². The number of aryl methyl sites for hydroxylation is 2. The number of rotatable bonds is 5. The van der Waals surface area contributed by atoms with Crippen molar-refractivity contribution in [3.63, 3.8) is 0 Å². The minimum absolute atomic E-state index is 0.0281. The zero-order valence-electron chi connectivity index (χ0n) is 17.5. The standard InChI is InChI=1S/C22H32N2O4/c1-13-9-10-14(2)19(17(13)5)28-12-18(25)11-24-20(26)22(23-21(24)27)15(3)7-6-8-16(22)4/h9-10,15-16,18,25H,6-8,11-12H2,1-5H3,(H,23,27). The lowest BCUT2D eigenvalue weighted by Crippen LogP contribution is -2.59. The van der Waals surface area contributed by atoms with Crippen LogP contribution in [0.1, 0.15) is 49.8 Å². The Bertz CT molecular complexity index is 766. The lowest BCUT2D eigenvalue weighted by Gasteiger charge is -2.42. The van der Waals surface area contributed by atoms with E-state index in [0.717, 1.165) is 41.7 Å². The average molecular weight is 389 g/mol. The van der Waals surface area contributed by atoms with Gasteiger partial charge in [-0.1, -0.05) is 32.4 Å². The van der Waals surface area contributed by atoms with Gasteiger partial charge in [0, 0.05) is 0 Å². The van der Waals surface area contributed by atoms with E-state index in [1.807, 2.05) is 46.8 Å². The highest BCUT2D eigenvalue weighted by Gasteiger charge is 2.58. The minimum Gasteiger partial charge on any atom is -0.490 e. The topological polar surface area (TPSA) is 78.9 Å². The fraction of sp³-hybridized carbons (Fsp3) is 0.636. The Morgan fingerprint density at radius 3 is 2.43 bits per heavy atom. The number of carbonyl (C=O) groups is 2. The van der Waals surface area contributed by atoms with Gasteiger partial charge >= 0.3 is 6.03 Å². The van der Waals surface area contributed by atoms with Crippen molar-refractivity contribution in [3.8, 4) is 5.75 Å². The molecule has 1 aromatic carbocycles. The monoisotopic (exact) mass is 388 g/mol. The number of hydrogen-bond acceptors (Lipinski definition) is 4. The molecular weight excluding hydrogens is 356 g/mol. The number of nitrogens with zero attached hydrogens (tertiary/aromatic N) is 1. The molecule has 3 amide bonds. The molecule has 154 valence electrons. The molecule has 2 fully saturated rings. The summed E-state index contributed by atoms with van der Waals surface area (Å²) < 4.78 is 5.85. The van der Waals surface area contributed by atoms with Gasteiger partial charge < -0.3 is 15.2 Å². The van der Waals surface area contributed by atoms with Gasteiger partial charge in [-0.05, 0) is 62.1 Å². The van der Waals surface area contributed by atoms with Crippen LogP contribution in [0.4, 0.5) is 4.79 Å². The fourth-order valence-electron chi connectivity index (χ4n) is 4.71. The molecule has 3 atom stereocenters. The van der Waals surface area contributed by atoms with E-state index in [0.29, 0.717) is 0 Å². The molecule has 1 heterocycles. The lowest BCUT2D eigenvalue weighted by atomic mass is 9.67. The summed E-state index contributed by atoms with van der Waals surface area (Å²) in [6.07, 6.45) is 1.96. The molecule has 1 saturated heterocycles. The second-order valence-corrected chi connectivity index (χ2v) is 8.57. The van der Waals surface area contributed by atoms with Gasteiger partial charge in [0.15, 0.2) is 0 Å². The van der Waals surface area contributed by atoms with Crippen molar-refractivity contribution < 1.29 is 19.4 Å². The van der Waals surface area contributed by atoms with Crippen LogP contribution in [0.25, 0.3) is 0 Å². The summed E-state index contributed by atoms with van der Waals surface area (Å²) in [5, 5.41) is 13.4. The van der Waals surface area contributed by atoms with E-state index in [9.17, 15) is 14.7 Å². The maximum absolute atomic E-state index is 13.2. The number of hydrogen-bond donors (Lipinski definition) is 2. The van der Waals surface area contributed by atoms with Gasteiger partial charge in [0.2, 0.25) is 0 Å². The Morgan fingerprint density at radius 1 is 1.18 bits per heavy atom. The number of benzene rings is 1. The molecular formula is C22H32N2O4. The third-order valence-electron chi connectivity index (χ3n) is 6.67. The zero-order chi connectivity index (χ0) is 20.6. The van der Waals surface area contributed by atoms with Gasteiger partial charge in [-0.15, -0.1) is 0 Å². The molecule has 1 aliphatic carbocycles. The van der Waals surface area contributed by atoms with Gasteiger partial charge in [-0.2, -0.15) is 0 Å². The third-order valence-corrected chi connectivity index (χ3v) is 6.67. The second kappa shape index (κ2) is 7.74. The first-order valence-electron chi connectivity index (χ1n) is 10.2. The van der Waals surface area contributed by atoms with Crippen molar-refractivity contribution in [2.45, 2.75) is 65.5 Å². The molecule has 6 heteroatoms. The Balaban J connectivity index is 1.68. The van der Waals surface area contributed by atoms with Crippen LogP contribution in [-0.2, 0) is 4.79 Å². The summed E-state index contributed by atoms with van der Waals surface area (Å²) in [5.74, 6) is 0.716. The molecule has 0 aromatic heterocycles. The number of aliphatic hydroxyl groups excluding tert-OH is 1. The number of aliphatic hydroxyl groups is 1. The van der Waals surface area contributed by atoms with Crippen LogP contribution in [0, 0.1) is 32.6 Å². The summed E-state index contributed by atoms with van der Waals surface area (Å²) in [7, 11) is 0. The molecule has 28 heavy (non-hydrogen) atoms. The predicted octanol–water partition coefficient (Wildman–Crippen LogP) is 3.10. The summed E-state index contributed by atoms with van der Waals surface area (Å²) in [5.41, 5.74) is 2.31. The van der Waals surface area contributed by atoms with Crippen molar-refractivity contribution in [2.75, 3.05) is 13.2 Å². The number of ether oxygens (including phenoxy) is 1. The second-order valence-electron chi connectivity index (χ2n) is 8.57. The first kappa shape index (κ1) is 20.6. The largest absolute Gasteiger partial charge is 0.490 e. The quantitative estimate of drug-likeness (QED) is 0.760. The van der Waals surface area contributed by atoms with Crippen LogP contribution < -0.4 is 10.1 Å². The number of imide groups is 1. The summed E-state index contributed by atoms with van der Waals surface area (Å²) in [6.45, 7) is 9.98. The minimum atomic E-state index is -0.946. The van der Waals surface area contributed by atoms with Crippen LogP contribution >= 0.6 is 0 Å². The number of amides is 3. The van der Waals surface area contributed by atoms with Crippen LogP contribution in [0.3, 0.4) is 0 Å². The molecule has 0 bridgehead atoms. The van der Waals surface area contributed by atoms with Gasteiger partial charge in [0.25, 0.3) is 5.91 Å². The van der Waals surface area contributed by atoms with Crippen LogP contribution in [0.5, 0.6) is 5.75 Å². The van der Waals surface area contributed by atoms with Crippen LogP contribution in [0.2, 0.25) is 0 Å². The van der Waals surface area contributed by atoms with Crippen molar-refractivity contribution in [3.05, 3.63) is 28.8 Å². The molecule has 2 aliphatic rings. The molecule has 1 aliphatic heterocycles. The number of nitrogens with one attached hydrogen (secondary N) is 1. The SMILES string of the molecule is Cc1ccc(C)c(OCC(O)CN2C(=O)NC3(C2=O)C(C)CCCC3C)c1C. The maximum Gasteiger partial charge on any atom is 0.325 e. The van der Waals surface area contributed by atoms with E-state index in [1.165, 1.54) is 4.90 Å². The highest BCUT2D eigenvalue weighted by Crippen LogP contribution is 2.42. The van der Waals surface area contributed by atoms with Crippen molar-refractivity contribution in [1.29, 1.82) is 0 Å². The van der Waals surface area contributed by atoms with E-state index in [-0.39, 0.29) is 30.9 Å². The summed E-state index contributed by atoms with van der Waals surface area (Å²) in [6, 6.07) is 3.61. The van der Waals surface area contributed by atoms with Gasteiger partial charge in [0.05, 0.1) is 6.54 Å². The maximum atomic E-state index is 13.2. The van der Waals surface area contributed by atoms with Gasteiger partial charge in [-0.3, -0.25) is 9.69 Å². The molecule has 0 radical (unpaired) electrons. The smallest absolute Gasteiger partial charge is 0.325 e. The molecule has 1 spiro atoms. The fourth-order valence-corrected chi connectivity index (χ4v) is 4.71. The van der Waals surface area contributed by atoms with E-state index < -0.39 is 17.7 Å². The van der Waals surface area contributed by atoms with Gasteiger partial charge in [0.1, 0.15) is 24.0 Å². The first-order chi connectivity index (χ1) is 13.2. The van der Waals surface area contributed by atoms with Crippen LogP contribution in [0.15, 0.2) is 12.1 Å². The Hall–Kier alpha value is -2.08. The van der Waals surface area contributed by atoms with Crippen molar-refractivity contribution in [1.82, 2.24) is 10.2 Å². The lowest BCUT2D eigenvalue weighted by molar-refractivity contribution is -0.137. The molecule has 3 unspecified atom stereocenters. The predicted molar refractivity (Wildman–Crippen MR) is 107 cm³/mol. The normalized spacial score (nSPS) is 28.6. The van der Waals surface area contributed by atoms with Crippen molar-refractivity contribution >= 4 is 11.9 Å². The Labute approximate surface area is 167 Å². The number of β-amino-alcohol motifs (C(OH)–C–C–N with tert-alkyl or cyclic N) is 1.